The van der Waals surface area contributed by atoms with Crippen LogP contribution in [-0.4, -0.2) is 11.1 Å². The van der Waals surface area contributed by atoms with Gasteiger partial charge in [0.15, 0.2) is 0 Å². The van der Waals surface area contributed by atoms with Gasteiger partial charge in [0.2, 0.25) is 0 Å². The number of benzene rings is 1. The molecule has 0 amide bonds. The van der Waals surface area contributed by atoms with Crippen LogP contribution in [0, 0.1) is 22.7 Å². The first-order valence-corrected chi connectivity index (χ1v) is 4.50. The van der Waals surface area contributed by atoms with Gasteiger partial charge in [0.05, 0.1) is 5.56 Å². The predicted octanol–water partition coefficient (Wildman–Crippen LogP) is 2.62. The van der Waals surface area contributed by atoms with Crippen molar-refractivity contribution in [2.45, 2.75) is 0 Å². The minimum Gasteiger partial charge on any atom is -0.478 e. The van der Waals surface area contributed by atoms with Gasteiger partial charge in [-0.2, -0.15) is 10.5 Å². The van der Waals surface area contributed by atoms with Crippen molar-refractivity contribution >= 4 is 12.0 Å². The number of nitrogens with zero attached hydrogens (tertiary/aromatic N) is 2. The molecule has 1 aromatic carbocycles. The molecule has 0 radical (unpaired) electrons. The van der Waals surface area contributed by atoms with Gasteiger partial charge in [-0.1, -0.05) is 37.4 Å². The van der Waals surface area contributed by atoms with E-state index in [1.165, 1.54) is 6.08 Å². The van der Waals surface area contributed by atoms with Gasteiger partial charge in [-0.05, 0) is 11.6 Å². The molecule has 0 spiro atoms. The quantitative estimate of drug-likeness (QED) is 0.785. The summed E-state index contributed by atoms with van der Waals surface area (Å²) in [7, 11) is 0. The summed E-state index contributed by atoms with van der Waals surface area (Å²) < 4.78 is 0. The molecule has 17 heavy (non-hydrogen) atoms. The van der Waals surface area contributed by atoms with Crippen LogP contribution >= 0.6 is 0 Å². The monoisotopic (exact) mass is 226 g/mol. The summed E-state index contributed by atoms with van der Waals surface area (Å²) in [5, 5.41) is 24.2. The Morgan fingerprint density at radius 1 is 1.29 bits per heavy atom. The second kappa shape index (κ2) is 7.44. The highest BCUT2D eigenvalue weighted by molar-refractivity contribution is 5.91. The van der Waals surface area contributed by atoms with Crippen LogP contribution in [0.15, 0.2) is 43.0 Å². The van der Waals surface area contributed by atoms with E-state index in [0.29, 0.717) is 11.1 Å². The number of hydrogen-bond donors (Lipinski definition) is 1. The lowest BCUT2D eigenvalue weighted by molar-refractivity contribution is 0.0696. The number of rotatable bonds is 2. The van der Waals surface area contributed by atoms with Crippen molar-refractivity contribution in [3.05, 3.63) is 54.1 Å². The van der Waals surface area contributed by atoms with Gasteiger partial charge >= 0.3 is 5.97 Å². The average Bonchev–Trinajstić information content (AvgIpc) is 2.38. The van der Waals surface area contributed by atoms with Gasteiger partial charge < -0.3 is 5.11 Å². The first kappa shape index (κ1) is 14.2. The predicted molar refractivity (Wildman–Crippen MR) is 63.9 cm³/mol. The van der Waals surface area contributed by atoms with Crippen molar-refractivity contribution in [1.82, 2.24) is 0 Å². The van der Waals surface area contributed by atoms with Crippen molar-refractivity contribution in [2.75, 3.05) is 0 Å². The van der Waals surface area contributed by atoms with E-state index in [4.69, 9.17) is 15.6 Å². The summed E-state index contributed by atoms with van der Waals surface area (Å²) in [4.78, 5) is 10.5. The summed E-state index contributed by atoms with van der Waals surface area (Å²) in [6.45, 7) is 6.58. The molecule has 4 heteroatoms. The van der Waals surface area contributed by atoms with Crippen LogP contribution in [0.25, 0.3) is 6.08 Å². The molecule has 0 aliphatic heterocycles. The minimum atomic E-state index is -0.916. The zero-order valence-corrected chi connectivity index (χ0v) is 9.05. The second-order valence-corrected chi connectivity index (χ2v) is 2.80. The lowest BCUT2D eigenvalue weighted by Gasteiger charge is -1.97. The van der Waals surface area contributed by atoms with Gasteiger partial charge in [-0.3, -0.25) is 0 Å². The van der Waals surface area contributed by atoms with Gasteiger partial charge in [-0.25, -0.2) is 4.79 Å². The van der Waals surface area contributed by atoms with Crippen LogP contribution in [0.1, 0.15) is 15.9 Å². The van der Waals surface area contributed by atoms with Crippen molar-refractivity contribution < 1.29 is 9.90 Å². The van der Waals surface area contributed by atoms with Crippen molar-refractivity contribution in [2.24, 2.45) is 0 Å². The molecular weight excluding hydrogens is 216 g/mol. The summed E-state index contributed by atoms with van der Waals surface area (Å²) in [6.07, 6.45) is 1.53. The third-order valence-corrected chi connectivity index (χ3v) is 1.68. The highest BCUT2D eigenvalue weighted by Crippen LogP contribution is 2.08. The fourth-order valence-electron chi connectivity index (χ4n) is 0.895. The number of carboxylic acids is 1. The van der Waals surface area contributed by atoms with Crippen molar-refractivity contribution in [3.63, 3.8) is 0 Å². The van der Waals surface area contributed by atoms with Crippen LogP contribution in [0.2, 0.25) is 0 Å². The number of aromatic carboxylic acids is 1. The van der Waals surface area contributed by atoms with Crippen LogP contribution in [0.3, 0.4) is 0 Å². The number of allylic oxidation sites excluding steroid dienone is 1. The number of carbonyl (C=O) groups is 1. The van der Waals surface area contributed by atoms with Gasteiger partial charge in [0.1, 0.15) is 17.7 Å². The Labute approximate surface area is 99.4 Å². The summed E-state index contributed by atoms with van der Waals surface area (Å²) in [6, 6.07) is 9.86. The zero-order valence-electron chi connectivity index (χ0n) is 9.05. The molecule has 0 heterocycles. The molecule has 0 saturated carbocycles. The number of hydrogen-bond acceptors (Lipinski definition) is 3. The molecule has 4 nitrogen and oxygen atoms in total. The minimum absolute atomic E-state index is 0.0463. The highest BCUT2D eigenvalue weighted by atomic mass is 16.4. The Bertz CT molecular complexity index is 503. The van der Waals surface area contributed by atoms with Crippen LogP contribution in [0.4, 0.5) is 0 Å². The van der Waals surface area contributed by atoms with Gasteiger partial charge in [-0.15, -0.1) is 0 Å². The topological polar surface area (TPSA) is 84.9 Å². The maximum atomic E-state index is 10.5. The maximum Gasteiger partial charge on any atom is 0.336 e. The summed E-state index contributed by atoms with van der Waals surface area (Å²) >= 11 is 0. The summed E-state index contributed by atoms with van der Waals surface area (Å²) in [5.74, 6) is -0.916. The second-order valence-electron chi connectivity index (χ2n) is 2.80. The van der Waals surface area contributed by atoms with Crippen LogP contribution in [-0.2, 0) is 0 Å². The Hall–Kier alpha value is -2.85. The molecule has 1 N–H and O–H groups in total. The van der Waals surface area contributed by atoms with Crippen LogP contribution < -0.4 is 0 Å². The van der Waals surface area contributed by atoms with Gasteiger partial charge in [0, 0.05) is 0 Å². The fourth-order valence-corrected chi connectivity index (χ4v) is 0.895. The molecule has 0 atom stereocenters. The standard InChI is InChI=1S/C9H8O2.C4H2N2/c1-2-7-5-3-4-6-8(7)9(10)11;1-4(2-5)3-6/h2-6H,1H2,(H,10,11);1H2. The largest absolute Gasteiger partial charge is 0.478 e. The summed E-state index contributed by atoms with van der Waals surface area (Å²) in [5.41, 5.74) is 0.900. The normalized spacial score (nSPS) is 7.65. The van der Waals surface area contributed by atoms with Crippen LogP contribution in [0.5, 0.6) is 0 Å². The Balaban J connectivity index is 0.000000366. The van der Waals surface area contributed by atoms with E-state index in [-0.39, 0.29) is 5.57 Å². The van der Waals surface area contributed by atoms with Gasteiger partial charge in [0.25, 0.3) is 0 Å². The smallest absolute Gasteiger partial charge is 0.336 e. The van der Waals surface area contributed by atoms with E-state index < -0.39 is 5.97 Å². The molecule has 0 fully saturated rings. The zero-order chi connectivity index (χ0) is 13.3. The SMILES string of the molecule is C=C(C#N)C#N.C=Cc1ccccc1C(=O)O. The Morgan fingerprint density at radius 3 is 2.12 bits per heavy atom. The average molecular weight is 226 g/mol. The lowest BCUT2D eigenvalue weighted by Crippen LogP contribution is -1.98. The maximum absolute atomic E-state index is 10.5. The van der Waals surface area contributed by atoms with E-state index in [9.17, 15) is 4.79 Å². The van der Waals surface area contributed by atoms with Crippen molar-refractivity contribution in [1.29, 1.82) is 10.5 Å². The van der Waals surface area contributed by atoms with E-state index in [2.05, 4.69) is 13.2 Å². The van der Waals surface area contributed by atoms with E-state index >= 15 is 0 Å². The van der Waals surface area contributed by atoms with E-state index in [1.807, 2.05) is 0 Å². The molecular formula is C13H10N2O2. The molecule has 0 bridgehead atoms. The van der Waals surface area contributed by atoms with E-state index in [0.717, 1.165) is 0 Å². The highest BCUT2D eigenvalue weighted by Gasteiger charge is 2.04. The molecule has 0 aromatic heterocycles. The molecule has 0 aliphatic carbocycles. The van der Waals surface area contributed by atoms with E-state index in [1.54, 1.807) is 36.4 Å². The molecule has 0 unspecified atom stereocenters. The molecule has 0 saturated heterocycles. The molecule has 1 aromatic rings. The number of nitriles is 2. The Morgan fingerprint density at radius 2 is 1.82 bits per heavy atom. The first-order chi connectivity index (χ1) is 8.06. The molecule has 0 aliphatic rings. The molecule has 84 valence electrons. The Kier molecular flexibility index (Phi) is 6.19. The third-order valence-electron chi connectivity index (χ3n) is 1.68. The third kappa shape index (κ3) is 4.96. The lowest BCUT2D eigenvalue weighted by atomic mass is 10.1. The molecule has 1 rings (SSSR count). The first-order valence-electron chi connectivity index (χ1n) is 4.50. The number of carboxylic acid groups (broad SMARTS) is 1. The fraction of sp³-hybridized carbons (Fsp3) is 0. The van der Waals surface area contributed by atoms with Crippen molar-refractivity contribution in [3.8, 4) is 12.1 Å².